The summed E-state index contributed by atoms with van der Waals surface area (Å²) in [7, 11) is 1.84. The molecule has 152 valence electrons. The lowest BCUT2D eigenvalue weighted by Crippen LogP contribution is -2.28. The SMILES string of the molecule is CCn1c(SCC(=O)N(C)Cc2ccc(C)cc2C)nnc1-c1cccc(Cl)c1. The van der Waals surface area contributed by atoms with Crippen molar-refractivity contribution in [3.05, 3.63) is 64.2 Å². The third kappa shape index (κ3) is 5.19. The molecule has 0 radical (unpaired) electrons. The van der Waals surface area contributed by atoms with Gasteiger partial charge >= 0.3 is 0 Å². The molecule has 1 heterocycles. The number of amides is 1. The highest BCUT2D eigenvalue weighted by molar-refractivity contribution is 7.99. The highest BCUT2D eigenvalue weighted by Crippen LogP contribution is 2.26. The number of carbonyl (C=O) groups excluding carboxylic acids is 1. The molecule has 1 amide bonds. The molecule has 3 aromatic rings. The molecule has 0 bridgehead atoms. The third-order valence-electron chi connectivity index (χ3n) is 4.77. The van der Waals surface area contributed by atoms with E-state index < -0.39 is 0 Å². The van der Waals surface area contributed by atoms with Crippen molar-refractivity contribution in [3.63, 3.8) is 0 Å². The van der Waals surface area contributed by atoms with Crippen LogP contribution in [-0.2, 0) is 17.9 Å². The number of aryl methyl sites for hydroxylation is 2. The first-order valence-electron chi connectivity index (χ1n) is 9.51. The second-order valence-corrected chi connectivity index (χ2v) is 8.41. The van der Waals surface area contributed by atoms with Crippen molar-refractivity contribution in [1.82, 2.24) is 19.7 Å². The Morgan fingerprint density at radius 2 is 1.97 bits per heavy atom. The van der Waals surface area contributed by atoms with E-state index in [1.807, 2.05) is 42.8 Å². The number of rotatable bonds is 7. The van der Waals surface area contributed by atoms with Crippen LogP contribution >= 0.6 is 23.4 Å². The van der Waals surface area contributed by atoms with E-state index in [0.717, 1.165) is 22.1 Å². The van der Waals surface area contributed by atoms with Crippen LogP contribution in [0.15, 0.2) is 47.6 Å². The number of aromatic nitrogens is 3. The zero-order valence-electron chi connectivity index (χ0n) is 17.1. The molecule has 1 aromatic heterocycles. The lowest BCUT2D eigenvalue weighted by molar-refractivity contribution is -0.127. The van der Waals surface area contributed by atoms with E-state index in [2.05, 4.69) is 42.2 Å². The maximum absolute atomic E-state index is 12.7. The van der Waals surface area contributed by atoms with Gasteiger partial charge in [-0.15, -0.1) is 10.2 Å². The summed E-state index contributed by atoms with van der Waals surface area (Å²) in [5.74, 6) is 1.13. The summed E-state index contributed by atoms with van der Waals surface area (Å²) in [5.41, 5.74) is 4.51. The van der Waals surface area contributed by atoms with Gasteiger partial charge in [0.15, 0.2) is 11.0 Å². The Hall–Kier alpha value is -2.31. The van der Waals surface area contributed by atoms with Crippen molar-refractivity contribution in [3.8, 4) is 11.4 Å². The normalized spacial score (nSPS) is 10.9. The maximum atomic E-state index is 12.7. The van der Waals surface area contributed by atoms with Gasteiger partial charge in [-0.3, -0.25) is 4.79 Å². The largest absolute Gasteiger partial charge is 0.341 e. The Kier molecular flexibility index (Phi) is 6.98. The van der Waals surface area contributed by atoms with Crippen molar-refractivity contribution in [1.29, 1.82) is 0 Å². The molecule has 0 aliphatic rings. The first kappa shape index (κ1) is 21.4. The van der Waals surface area contributed by atoms with E-state index >= 15 is 0 Å². The molecular formula is C22H25ClN4OS. The van der Waals surface area contributed by atoms with Crippen LogP contribution in [0.25, 0.3) is 11.4 Å². The number of carbonyl (C=O) groups is 1. The standard InChI is InChI=1S/C22H25ClN4OS/c1-5-27-21(17-7-6-8-19(23)12-17)24-25-22(27)29-14-20(28)26(4)13-18-10-9-15(2)11-16(18)3/h6-12H,5,13-14H2,1-4H3. The van der Waals surface area contributed by atoms with Gasteiger partial charge in [0.05, 0.1) is 5.75 Å². The Morgan fingerprint density at radius 1 is 1.17 bits per heavy atom. The third-order valence-corrected chi connectivity index (χ3v) is 5.96. The molecule has 29 heavy (non-hydrogen) atoms. The molecule has 0 aliphatic heterocycles. The molecular weight excluding hydrogens is 404 g/mol. The minimum atomic E-state index is 0.0601. The van der Waals surface area contributed by atoms with Gasteiger partial charge in [-0.1, -0.05) is 59.3 Å². The van der Waals surface area contributed by atoms with E-state index in [1.54, 1.807) is 4.90 Å². The summed E-state index contributed by atoms with van der Waals surface area (Å²) in [6.45, 7) is 7.50. The van der Waals surface area contributed by atoms with Crippen LogP contribution in [0, 0.1) is 13.8 Å². The summed E-state index contributed by atoms with van der Waals surface area (Å²) in [6, 6.07) is 13.9. The molecule has 0 fully saturated rings. The van der Waals surface area contributed by atoms with E-state index in [9.17, 15) is 4.79 Å². The molecule has 0 saturated heterocycles. The summed E-state index contributed by atoms with van der Waals surface area (Å²) >= 11 is 7.52. The fourth-order valence-corrected chi connectivity index (χ4v) is 4.26. The molecule has 3 rings (SSSR count). The number of halogens is 1. The van der Waals surface area contributed by atoms with Crippen LogP contribution in [0.2, 0.25) is 5.02 Å². The molecule has 0 N–H and O–H groups in total. The van der Waals surface area contributed by atoms with Crippen molar-refractivity contribution in [2.45, 2.75) is 39.0 Å². The first-order chi connectivity index (χ1) is 13.9. The number of hydrogen-bond donors (Lipinski definition) is 0. The number of hydrogen-bond acceptors (Lipinski definition) is 4. The average molecular weight is 429 g/mol. The van der Waals surface area contributed by atoms with Gasteiger partial charge in [0.1, 0.15) is 0 Å². The highest BCUT2D eigenvalue weighted by atomic mass is 35.5. The molecule has 7 heteroatoms. The Morgan fingerprint density at radius 3 is 2.66 bits per heavy atom. The fraction of sp³-hybridized carbons (Fsp3) is 0.318. The maximum Gasteiger partial charge on any atom is 0.233 e. The number of benzene rings is 2. The van der Waals surface area contributed by atoms with E-state index in [1.165, 1.54) is 22.9 Å². The van der Waals surface area contributed by atoms with Gasteiger partial charge in [-0.05, 0) is 44.0 Å². The van der Waals surface area contributed by atoms with Crippen molar-refractivity contribution in [2.75, 3.05) is 12.8 Å². The van der Waals surface area contributed by atoms with E-state index in [4.69, 9.17) is 11.6 Å². The number of thioether (sulfide) groups is 1. The Labute approximate surface area is 181 Å². The predicted molar refractivity (Wildman–Crippen MR) is 119 cm³/mol. The Bertz CT molecular complexity index is 1020. The van der Waals surface area contributed by atoms with Crippen LogP contribution in [0.1, 0.15) is 23.6 Å². The highest BCUT2D eigenvalue weighted by Gasteiger charge is 2.17. The molecule has 0 spiro atoms. The van der Waals surface area contributed by atoms with Crippen molar-refractivity contribution in [2.24, 2.45) is 0 Å². The van der Waals surface area contributed by atoms with Gasteiger partial charge in [0.25, 0.3) is 0 Å². The minimum absolute atomic E-state index is 0.0601. The van der Waals surface area contributed by atoms with Crippen molar-refractivity contribution >= 4 is 29.3 Å². The quantitative estimate of drug-likeness (QED) is 0.497. The van der Waals surface area contributed by atoms with Gasteiger partial charge in [-0.2, -0.15) is 0 Å². The molecule has 2 aromatic carbocycles. The summed E-state index contributed by atoms with van der Waals surface area (Å²) in [4.78, 5) is 14.4. The van der Waals surface area contributed by atoms with E-state index in [-0.39, 0.29) is 5.91 Å². The van der Waals surface area contributed by atoms with Crippen LogP contribution < -0.4 is 0 Å². The molecule has 0 atom stereocenters. The summed E-state index contributed by atoms with van der Waals surface area (Å²) in [6.07, 6.45) is 0. The molecule has 5 nitrogen and oxygen atoms in total. The zero-order chi connectivity index (χ0) is 21.0. The predicted octanol–water partition coefficient (Wildman–Crippen LogP) is 4.99. The molecule has 0 saturated carbocycles. The molecule has 0 unspecified atom stereocenters. The smallest absolute Gasteiger partial charge is 0.233 e. The Balaban J connectivity index is 1.67. The van der Waals surface area contributed by atoms with Crippen LogP contribution in [0.4, 0.5) is 0 Å². The molecule has 0 aliphatic carbocycles. The monoisotopic (exact) mass is 428 g/mol. The topological polar surface area (TPSA) is 51.0 Å². The number of nitrogens with zero attached hydrogens (tertiary/aromatic N) is 4. The van der Waals surface area contributed by atoms with Crippen molar-refractivity contribution < 1.29 is 4.79 Å². The van der Waals surface area contributed by atoms with Gasteiger partial charge in [-0.25, -0.2) is 0 Å². The van der Waals surface area contributed by atoms with Gasteiger partial charge < -0.3 is 9.47 Å². The second-order valence-electron chi connectivity index (χ2n) is 7.03. The summed E-state index contributed by atoms with van der Waals surface area (Å²) in [5, 5.41) is 10.0. The first-order valence-corrected chi connectivity index (χ1v) is 10.9. The lowest BCUT2D eigenvalue weighted by Gasteiger charge is -2.18. The lowest BCUT2D eigenvalue weighted by atomic mass is 10.1. The van der Waals surface area contributed by atoms with E-state index in [0.29, 0.717) is 23.9 Å². The van der Waals surface area contributed by atoms with Gasteiger partial charge in [0, 0.05) is 30.7 Å². The zero-order valence-corrected chi connectivity index (χ0v) is 18.7. The van der Waals surface area contributed by atoms with Gasteiger partial charge in [0.2, 0.25) is 5.91 Å². The minimum Gasteiger partial charge on any atom is -0.341 e. The van der Waals surface area contributed by atoms with Crippen LogP contribution in [-0.4, -0.2) is 38.4 Å². The summed E-state index contributed by atoms with van der Waals surface area (Å²) < 4.78 is 2.01. The fourth-order valence-electron chi connectivity index (χ4n) is 3.13. The average Bonchev–Trinajstić information content (AvgIpc) is 3.11. The van der Waals surface area contributed by atoms with Crippen LogP contribution in [0.3, 0.4) is 0 Å². The second kappa shape index (κ2) is 9.46. The van der Waals surface area contributed by atoms with Crippen LogP contribution in [0.5, 0.6) is 0 Å².